The van der Waals surface area contributed by atoms with E-state index in [1.807, 2.05) is 0 Å². The van der Waals surface area contributed by atoms with Crippen LogP contribution < -0.4 is 10.6 Å². The molecule has 0 radical (unpaired) electrons. The summed E-state index contributed by atoms with van der Waals surface area (Å²) in [5, 5.41) is 14.0. The first-order valence-electron chi connectivity index (χ1n) is 6.69. The first-order valence-corrected chi connectivity index (χ1v) is 6.69. The molecule has 0 heterocycles. The van der Waals surface area contributed by atoms with Crippen LogP contribution in [0.2, 0.25) is 0 Å². The smallest absolute Gasteiger partial charge is 0.322 e. The highest BCUT2D eigenvalue weighted by molar-refractivity contribution is 5.85. The number of carboxylic acids is 1. The van der Waals surface area contributed by atoms with Gasteiger partial charge in [-0.15, -0.1) is 0 Å². The summed E-state index contributed by atoms with van der Waals surface area (Å²) in [6.45, 7) is 1.79. The van der Waals surface area contributed by atoms with Gasteiger partial charge in [0.2, 0.25) is 5.91 Å². The molecule has 0 aromatic rings. The molecule has 19 heavy (non-hydrogen) atoms. The molecule has 6 heteroatoms. The molecular formula is C13H24N2O4. The normalized spacial score (nSPS) is 28.7. The second kappa shape index (κ2) is 7.45. The molecule has 6 nitrogen and oxygen atoms in total. The number of nitrogens with one attached hydrogen (secondary N) is 2. The van der Waals surface area contributed by atoms with E-state index >= 15 is 0 Å². The molecule has 1 aliphatic rings. The predicted molar refractivity (Wildman–Crippen MR) is 70.8 cm³/mol. The van der Waals surface area contributed by atoms with Gasteiger partial charge in [0.05, 0.1) is 12.1 Å². The lowest BCUT2D eigenvalue weighted by Gasteiger charge is -2.36. The highest BCUT2D eigenvalue weighted by atomic mass is 16.5. The Bertz CT molecular complexity index is 322. The van der Waals surface area contributed by atoms with Crippen molar-refractivity contribution in [3.8, 4) is 0 Å². The molecule has 0 bridgehead atoms. The summed E-state index contributed by atoms with van der Waals surface area (Å²) < 4.78 is 5.41. The average Bonchev–Trinajstić information content (AvgIpc) is 2.37. The van der Waals surface area contributed by atoms with Crippen molar-refractivity contribution in [3.63, 3.8) is 0 Å². The summed E-state index contributed by atoms with van der Waals surface area (Å²) in [5.41, 5.74) is 0. The van der Waals surface area contributed by atoms with Gasteiger partial charge in [0.15, 0.2) is 0 Å². The van der Waals surface area contributed by atoms with Crippen LogP contribution >= 0.6 is 0 Å². The Morgan fingerprint density at radius 2 is 2.11 bits per heavy atom. The molecule has 4 atom stereocenters. The van der Waals surface area contributed by atoms with Crippen molar-refractivity contribution in [1.82, 2.24) is 10.6 Å². The maximum atomic E-state index is 12.0. The molecule has 110 valence electrons. The third-order valence-electron chi connectivity index (χ3n) is 3.91. The summed E-state index contributed by atoms with van der Waals surface area (Å²) in [7, 11) is 3.45. The zero-order valence-corrected chi connectivity index (χ0v) is 11.8. The van der Waals surface area contributed by atoms with E-state index in [-0.39, 0.29) is 30.5 Å². The van der Waals surface area contributed by atoms with Crippen molar-refractivity contribution in [2.45, 2.75) is 38.3 Å². The predicted octanol–water partition coefficient (Wildman–Crippen LogP) is 0.226. The van der Waals surface area contributed by atoms with E-state index < -0.39 is 5.97 Å². The zero-order chi connectivity index (χ0) is 14.4. The number of methoxy groups -OCH3 is 1. The number of carbonyl (C=O) groups excluding carboxylic acids is 1. The second-order valence-corrected chi connectivity index (χ2v) is 5.20. The molecule has 1 aliphatic carbocycles. The molecule has 3 N–H and O–H groups in total. The molecule has 0 aromatic carbocycles. The Morgan fingerprint density at radius 1 is 1.42 bits per heavy atom. The van der Waals surface area contributed by atoms with Gasteiger partial charge in [-0.05, 0) is 38.1 Å². The van der Waals surface area contributed by atoms with E-state index in [2.05, 4.69) is 17.6 Å². The van der Waals surface area contributed by atoms with Crippen molar-refractivity contribution < 1.29 is 19.4 Å². The lowest BCUT2D eigenvalue weighted by Crippen LogP contribution is -2.50. The standard InChI is InChI=1S/C13H24N2O4/c1-8-6-9(4-5-10(8)19-3)12(14-2)13(18)15-7-11(16)17/h8-10,12,14H,4-7H2,1-3H3,(H,15,18)(H,16,17). The third-order valence-corrected chi connectivity index (χ3v) is 3.91. The lowest BCUT2D eigenvalue weighted by atomic mass is 9.76. The monoisotopic (exact) mass is 272 g/mol. The minimum Gasteiger partial charge on any atom is -0.480 e. The maximum Gasteiger partial charge on any atom is 0.322 e. The lowest BCUT2D eigenvalue weighted by molar-refractivity contribution is -0.138. The van der Waals surface area contributed by atoms with Crippen LogP contribution in [0.1, 0.15) is 26.2 Å². The largest absolute Gasteiger partial charge is 0.480 e. The molecule has 0 aromatic heterocycles. The van der Waals surface area contributed by atoms with Gasteiger partial charge in [-0.1, -0.05) is 6.92 Å². The van der Waals surface area contributed by atoms with Gasteiger partial charge < -0.3 is 20.5 Å². The van der Waals surface area contributed by atoms with Crippen LogP contribution in [0.3, 0.4) is 0 Å². The SMILES string of the molecule is CNC(C(=O)NCC(=O)O)C1CCC(OC)C(C)C1. The molecule has 0 aliphatic heterocycles. The summed E-state index contributed by atoms with van der Waals surface area (Å²) in [6, 6.07) is -0.334. The summed E-state index contributed by atoms with van der Waals surface area (Å²) >= 11 is 0. The maximum absolute atomic E-state index is 12.0. The van der Waals surface area contributed by atoms with Crippen LogP contribution in [0.25, 0.3) is 0 Å². The highest BCUT2D eigenvalue weighted by Gasteiger charge is 2.34. The van der Waals surface area contributed by atoms with Crippen LogP contribution in [0.15, 0.2) is 0 Å². The number of likely N-dealkylation sites (N-methyl/N-ethyl adjacent to an activating group) is 1. The van der Waals surface area contributed by atoms with E-state index in [0.29, 0.717) is 5.92 Å². The Morgan fingerprint density at radius 3 is 2.58 bits per heavy atom. The van der Waals surface area contributed by atoms with Crippen molar-refractivity contribution >= 4 is 11.9 Å². The van der Waals surface area contributed by atoms with E-state index in [0.717, 1.165) is 19.3 Å². The number of amides is 1. The number of carbonyl (C=O) groups is 2. The number of hydrogen-bond acceptors (Lipinski definition) is 4. The molecule has 1 amide bonds. The Labute approximate surface area is 113 Å². The van der Waals surface area contributed by atoms with Crippen molar-refractivity contribution in [2.24, 2.45) is 11.8 Å². The molecular weight excluding hydrogens is 248 g/mol. The fourth-order valence-electron chi connectivity index (χ4n) is 2.92. The third kappa shape index (κ3) is 4.47. The van der Waals surface area contributed by atoms with Crippen LogP contribution in [-0.4, -0.2) is 49.8 Å². The number of hydrogen-bond donors (Lipinski definition) is 3. The summed E-state index contributed by atoms with van der Waals surface area (Å²) in [6.07, 6.45) is 3.02. The van der Waals surface area contributed by atoms with E-state index in [4.69, 9.17) is 9.84 Å². The van der Waals surface area contributed by atoms with Crippen molar-refractivity contribution in [2.75, 3.05) is 20.7 Å². The van der Waals surface area contributed by atoms with Gasteiger partial charge in [0, 0.05) is 7.11 Å². The Balaban J connectivity index is 2.55. The average molecular weight is 272 g/mol. The minimum absolute atomic E-state index is 0.222. The van der Waals surface area contributed by atoms with E-state index in [1.165, 1.54) is 0 Å². The van der Waals surface area contributed by atoms with E-state index in [9.17, 15) is 9.59 Å². The molecule has 1 fully saturated rings. The Hall–Kier alpha value is -1.14. The van der Waals surface area contributed by atoms with Gasteiger partial charge >= 0.3 is 5.97 Å². The van der Waals surface area contributed by atoms with Crippen LogP contribution in [0, 0.1) is 11.8 Å². The molecule has 1 rings (SSSR count). The molecule has 0 spiro atoms. The number of carboxylic acid groups (broad SMARTS) is 1. The first kappa shape index (κ1) is 15.9. The summed E-state index contributed by atoms with van der Waals surface area (Å²) in [5.74, 6) is -0.635. The van der Waals surface area contributed by atoms with Crippen LogP contribution in [-0.2, 0) is 14.3 Å². The summed E-state index contributed by atoms with van der Waals surface area (Å²) in [4.78, 5) is 22.4. The van der Waals surface area contributed by atoms with E-state index in [1.54, 1.807) is 14.2 Å². The fourth-order valence-corrected chi connectivity index (χ4v) is 2.92. The van der Waals surface area contributed by atoms with Gasteiger partial charge in [-0.2, -0.15) is 0 Å². The number of ether oxygens (including phenoxy) is 1. The fraction of sp³-hybridized carbons (Fsp3) is 0.846. The number of rotatable bonds is 6. The van der Waals surface area contributed by atoms with Gasteiger partial charge in [0.25, 0.3) is 0 Å². The first-order chi connectivity index (χ1) is 8.99. The zero-order valence-electron chi connectivity index (χ0n) is 11.8. The highest BCUT2D eigenvalue weighted by Crippen LogP contribution is 2.32. The molecule has 0 saturated heterocycles. The Kier molecular flexibility index (Phi) is 6.24. The van der Waals surface area contributed by atoms with Crippen molar-refractivity contribution in [1.29, 1.82) is 0 Å². The minimum atomic E-state index is -1.03. The van der Waals surface area contributed by atoms with Gasteiger partial charge in [0.1, 0.15) is 6.54 Å². The second-order valence-electron chi connectivity index (χ2n) is 5.20. The quantitative estimate of drug-likeness (QED) is 0.644. The van der Waals surface area contributed by atoms with Gasteiger partial charge in [-0.25, -0.2) is 0 Å². The molecule has 1 saturated carbocycles. The van der Waals surface area contributed by atoms with Crippen LogP contribution in [0.4, 0.5) is 0 Å². The van der Waals surface area contributed by atoms with Crippen LogP contribution in [0.5, 0.6) is 0 Å². The number of aliphatic carboxylic acids is 1. The van der Waals surface area contributed by atoms with Crippen molar-refractivity contribution in [3.05, 3.63) is 0 Å². The molecule has 4 unspecified atom stereocenters. The topological polar surface area (TPSA) is 87.7 Å². The van der Waals surface area contributed by atoms with Gasteiger partial charge in [-0.3, -0.25) is 9.59 Å².